The number of H-pyrrole nitrogens is 1. The van der Waals surface area contributed by atoms with Crippen LogP contribution in [0, 0.1) is 6.92 Å². The summed E-state index contributed by atoms with van der Waals surface area (Å²) in [7, 11) is 0. The van der Waals surface area contributed by atoms with Gasteiger partial charge in [-0.3, -0.25) is 5.10 Å². The van der Waals surface area contributed by atoms with Crippen molar-refractivity contribution in [3.8, 4) is 11.3 Å². The minimum Gasteiger partial charge on any atom is -0.464 e. The van der Waals surface area contributed by atoms with E-state index in [0.29, 0.717) is 6.54 Å². The maximum atomic E-state index is 5.64. The number of benzene rings is 1. The monoisotopic (exact) mass is 227 g/mol. The fourth-order valence-electron chi connectivity index (χ4n) is 2.06. The average molecular weight is 227 g/mol. The van der Waals surface area contributed by atoms with Gasteiger partial charge in [0.15, 0.2) is 0 Å². The van der Waals surface area contributed by atoms with E-state index in [-0.39, 0.29) is 0 Å². The van der Waals surface area contributed by atoms with Crippen LogP contribution < -0.4 is 5.73 Å². The minimum absolute atomic E-state index is 0.467. The molecule has 0 aliphatic carbocycles. The number of rotatable bonds is 2. The third-order valence-corrected chi connectivity index (χ3v) is 3.05. The van der Waals surface area contributed by atoms with Crippen LogP contribution in [0.2, 0.25) is 0 Å². The number of para-hydroxylation sites is 1. The molecule has 4 nitrogen and oxygen atoms in total. The molecular formula is C13H13N3O. The molecule has 3 aromatic rings. The summed E-state index contributed by atoms with van der Waals surface area (Å²) in [6, 6.07) is 7.93. The summed E-state index contributed by atoms with van der Waals surface area (Å²) in [6.45, 7) is 2.48. The summed E-state index contributed by atoms with van der Waals surface area (Å²) in [5.41, 5.74) is 10.5. The molecule has 0 saturated carbocycles. The normalized spacial score (nSPS) is 11.2. The Labute approximate surface area is 98.4 Å². The van der Waals surface area contributed by atoms with Gasteiger partial charge in [-0.05, 0) is 18.6 Å². The van der Waals surface area contributed by atoms with Crippen molar-refractivity contribution in [3.63, 3.8) is 0 Å². The predicted molar refractivity (Wildman–Crippen MR) is 66.4 cm³/mol. The van der Waals surface area contributed by atoms with E-state index in [1.807, 2.05) is 31.2 Å². The van der Waals surface area contributed by atoms with E-state index in [1.54, 1.807) is 6.26 Å². The fourth-order valence-corrected chi connectivity index (χ4v) is 2.06. The second-order valence-electron chi connectivity index (χ2n) is 4.03. The van der Waals surface area contributed by atoms with Gasteiger partial charge in [0, 0.05) is 17.5 Å². The van der Waals surface area contributed by atoms with Gasteiger partial charge in [0.2, 0.25) is 0 Å². The number of nitrogens with zero attached hydrogens (tertiary/aromatic N) is 1. The van der Waals surface area contributed by atoms with Crippen molar-refractivity contribution in [2.75, 3.05) is 0 Å². The molecule has 0 amide bonds. The lowest BCUT2D eigenvalue weighted by Gasteiger charge is -1.96. The second-order valence-corrected chi connectivity index (χ2v) is 4.03. The molecule has 0 bridgehead atoms. The van der Waals surface area contributed by atoms with E-state index >= 15 is 0 Å². The molecule has 17 heavy (non-hydrogen) atoms. The topological polar surface area (TPSA) is 67.8 Å². The Bertz CT molecular complexity index is 666. The molecule has 0 aliphatic heterocycles. The highest BCUT2D eigenvalue weighted by molar-refractivity contribution is 5.93. The number of hydrogen-bond acceptors (Lipinski definition) is 3. The van der Waals surface area contributed by atoms with E-state index in [4.69, 9.17) is 10.2 Å². The van der Waals surface area contributed by atoms with E-state index < -0.39 is 0 Å². The molecule has 0 fully saturated rings. The third kappa shape index (κ3) is 1.45. The van der Waals surface area contributed by atoms with Gasteiger partial charge in [0.25, 0.3) is 0 Å². The Hall–Kier alpha value is -2.07. The van der Waals surface area contributed by atoms with Gasteiger partial charge in [-0.2, -0.15) is 5.10 Å². The maximum Gasteiger partial charge on any atom is 0.134 e. The Balaban J connectivity index is 2.24. The van der Waals surface area contributed by atoms with Gasteiger partial charge in [-0.15, -0.1) is 0 Å². The molecule has 86 valence electrons. The highest BCUT2D eigenvalue weighted by Gasteiger charge is 2.14. The van der Waals surface area contributed by atoms with Crippen LogP contribution in [0.1, 0.15) is 11.3 Å². The zero-order valence-corrected chi connectivity index (χ0v) is 9.53. The van der Waals surface area contributed by atoms with Crippen LogP contribution in [0.5, 0.6) is 0 Å². The number of aromatic nitrogens is 2. The van der Waals surface area contributed by atoms with E-state index in [9.17, 15) is 0 Å². The quantitative estimate of drug-likeness (QED) is 0.707. The number of nitrogens with one attached hydrogen (secondary N) is 1. The molecule has 0 atom stereocenters. The lowest BCUT2D eigenvalue weighted by molar-refractivity contribution is 0.616. The molecule has 0 unspecified atom stereocenters. The summed E-state index contributed by atoms with van der Waals surface area (Å²) in [4.78, 5) is 0. The number of nitrogens with two attached hydrogens (primary N) is 1. The van der Waals surface area contributed by atoms with Crippen molar-refractivity contribution in [2.45, 2.75) is 13.5 Å². The van der Waals surface area contributed by atoms with Crippen molar-refractivity contribution in [2.24, 2.45) is 5.73 Å². The lowest BCUT2D eigenvalue weighted by atomic mass is 10.1. The Morgan fingerprint density at radius 3 is 2.94 bits per heavy atom. The SMILES string of the molecule is Cc1c(-c2coc3ccccc23)n[nH]c1CN. The predicted octanol–water partition coefficient (Wildman–Crippen LogP) is 2.59. The van der Waals surface area contributed by atoms with Crippen molar-refractivity contribution >= 4 is 11.0 Å². The van der Waals surface area contributed by atoms with Gasteiger partial charge < -0.3 is 10.2 Å². The highest BCUT2D eigenvalue weighted by Crippen LogP contribution is 2.31. The van der Waals surface area contributed by atoms with Crippen molar-refractivity contribution in [1.82, 2.24) is 10.2 Å². The zero-order chi connectivity index (χ0) is 11.8. The smallest absolute Gasteiger partial charge is 0.134 e. The summed E-state index contributed by atoms with van der Waals surface area (Å²) >= 11 is 0. The maximum absolute atomic E-state index is 5.64. The van der Waals surface area contributed by atoms with Crippen molar-refractivity contribution < 1.29 is 4.42 Å². The molecule has 3 N–H and O–H groups in total. The second kappa shape index (κ2) is 3.75. The lowest BCUT2D eigenvalue weighted by Crippen LogP contribution is -1.98. The van der Waals surface area contributed by atoms with Gasteiger partial charge in [0.05, 0.1) is 11.4 Å². The number of hydrogen-bond donors (Lipinski definition) is 2. The zero-order valence-electron chi connectivity index (χ0n) is 9.53. The standard InChI is InChI=1S/C13H13N3O/c1-8-11(6-14)15-16-13(8)10-7-17-12-5-3-2-4-9(10)12/h2-5,7H,6,14H2,1H3,(H,15,16). The molecule has 0 saturated heterocycles. The summed E-state index contributed by atoms with van der Waals surface area (Å²) in [5.74, 6) is 0. The van der Waals surface area contributed by atoms with Crippen LogP contribution in [0.15, 0.2) is 34.9 Å². The molecule has 2 aromatic heterocycles. The summed E-state index contributed by atoms with van der Waals surface area (Å²) < 4.78 is 5.52. The van der Waals surface area contributed by atoms with Crippen LogP contribution in [0.4, 0.5) is 0 Å². The van der Waals surface area contributed by atoms with Crippen LogP contribution in [0.3, 0.4) is 0 Å². The van der Waals surface area contributed by atoms with Crippen LogP contribution in [-0.2, 0) is 6.54 Å². The first-order valence-electron chi connectivity index (χ1n) is 5.51. The van der Waals surface area contributed by atoms with Crippen molar-refractivity contribution in [1.29, 1.82) is 0 Å². The number of furan rings is 1. The Morgan fingerprint density at radius 1 is 1.35 bits per heavy atom. The van der Waals surface area contributed by atoms with E-state index in [2.05, 4.69) is 10.2 Å². The molecular weight excluding hydrogens is 214 g/mol. The number of fused-ring (bicyclic) bond motifs is 1. The third-order valence-electron chi connectivity index (χ3n) is 3.05. The van der Waals surface area contributed by atoms with Crippen LogP contribution in [0.25, 0.3) is 22.2 Å². The van der Waals surface area contributed by atoms with E-state index in [0.717, 1.165) is 33.5 Å². The molecule has 0 radical (unpaired) electrons. The molecule has 1 aromatic carbocycles. The van der Waals surface area contributed by atoms with Gasteiger partial charge in [-0.25, -0.2) is 0 Å². The van der Waals surface area contributed by atoms with Gasteiger partial charge >= 0.3 is 0 Å². The van der Waals surface area contributed by atoms with E-state index in [1.165, 1.54) is 0 Å². The first-order chi connectivity index (χ1) is 8.31. The average Bonchev–Trinajstić information content (AvgIpc) is 2.92. The van der Waals surface area contributed by atoms with Gasteiger partial charge in [-0.1, -0.05) is 18.2 Å². The molecule has 2 heterocycles. The largest absolute Gasteiger partial charge is 0.464 e. The summed E-state index contributed by atoms with van der Waals surface area (Å²) in [6.07, 6.45) is 1.74. The van der Waals surface area contributed by atoms with Crippen molar-refractivity contribution in [3.05, 3.63) is 41.8 Å². The summed E-state index contributed by atoms with van der Waals surface area (Å²) in [5, 5.41) is 8.35. The Morgan fingerprint density at radius 2 is 2.18 bits per heavy atom. The van der Waals surface area contributed by atoms with Crippen LogP contribution >= 0.6 is 0 Å². The molecule has 4 heteroatoms. The first kappa shape index (κ1) is 10.1. The van der Waals surface area contributed by atoms with Crippen LogP contribution in [-0.4, -0.2) is 10.2 Å². The fraction of sp³-hybridized carbons (Fsp3) is 0.154. The molecule has 0 spiro atoms. The Kier molecular flexibility index (Phi) is 2.23. The highest BCUT2D eigenvalue weighted by atomic mass is 16.3. The van der Waals surface area contributed by atoms with Gasteiger partial charge in [0.1, 0.15) is 11.8 Å². The number of aromatic amines is 1. The first-order valence-corrected chi connectivity index (χ1v) is 5.51. The minimum atomic E-state index is 0.467. The molecule has 3 rings (SSSR count). The molecule has 0 aliphatic rings.